The van der Waals surface area contributed by atoms with Crippen LogP contribution in [0.1, 0.15) is 46.8 Å². The van der Waals surface area contributed by atoms with Gasteiger partial charge in [-0.25, -0.2) is 0 Å². The molecule has 0 aromatic heterocycles. The van der Waals surface area contributed by atoms with E-state index in [9.17, 15) is 4.79 Å². The van der Waals surface area contributed by atoms with E-state index < -0.39 is 6.04 Å². The van der Waals surface area contributed by atoms with Gasteiger partial charge < -0.3 is 25.8 Å². The van der Waals surface area contributed by atoms with Gasteiger partial charge in [-0.2, -0.15) is 0 Å². The summed E-state index contributed by atoms with van der Waals surface area (Å²) in [5.74, 6) is 0.900. The lowest BCUT2D eigenvalue weighted by atomic mass is 9.97. The maximum absolute atomic E-state index is 14.2. The minimum Gasteiger partial charge on any atom is -0.490 e. The van der Waals surface area contributed by atoms with Crippen LogP contribution >= 0.6 is 0 Å². The zero-order chi connectivity index (χ0) is 30.7. The third-order valence-electron chi connectivity index (χ3n) is 7.16. The van der Waals surface area contributed by atoms with Gasteiger partial charge in [-0.05, 0) is 65.6 Å². The molecule has 1 atom stereocenters. The fourth-order valence-corrected chi connectivity index (χ4v) is 4.92. The lowest BCUT2D eigenvalue weighted by Gasteiger charge is -2.26. The van der Waals surface area contributed by atoms with Crippen molar-refractivity contribution >= 4 is 17.4 Å². The predicted molar refractivity (Wildman–Crippen MR) is 175 cm³/mol. The van der Waals surface area contributed by atoms with E-state index in [4.69, 9.17) is 20.6 Å². The number of nitrogen functional groups attached to an aromatic ring is 1. The summed E-state index contributed by atoms with van der Waals surface area (Å²) in [6, 6.07) is 41.3. The average molecular weight is 585 g/mol. The van der Waals surface area contributed by atoms with Crippen molar-refractivity contribution in [2.75, 3.05) is 11.9 Å². The summed E-state index contributed by atoms with van der Waals surface area (Å²) in [5, 5.41) is 14.4. The molecule has 0 bridgehead atoms. The van der Waals surface area contributed by atoms with Crippen LogP contribution in [0.5, 0.6) is 11.5 Å². The number of benzene rings is 5. The molecule has 44 heavy (non-hydrogen) atoms. The number of anilines is 1. The number of carbonyl (C=O) groups is 1. The van der Waals surface area contributed by atoms with Crippen LogP contribution in [0.3, 0.4) is 0 Å². The minimum absolute atomic E-state index is 0.0214. The Balaban J connectivity index is 1.48. The molecule has 5 aromatic rings. The van der Waals surface area contributed by atoms with Crippen molar-refractivity contribution in [1.29, 1.82) is 5.41 Å². The van der Waals surface area contributed by atoms with Gasteiger partial charge in [0.15, 0.2) is 11.5 Å². The van der Waals surface area contributed by atoms with Gasteiger partial charge in [0.1, 0.15) is 18.5 Å². The highest BCUT2D eigenvalue weighted by Gasteiger charge is 2.26. The van der Waals surface area contributed by atoms with E-state index >= 15 is 0 Å². The summed E-state index contributed by atoms with van der Waals surface area (Å²) in [6.45, 7) is 2.74. The van der Waals surface area contributed by atoms with Crippen molar-refractivity contribution in [3.05, 3.63) is 161 Å². The van der Waals surface area contributed by atoms with Crippen LogP contribution in [-0.2, 0) is 11.4 Å². The summed E-state index contributed by atoms with van der Waals surface area (Å²) in [4.78, 5) is 14.2. The molecule has 7 heteroatoms. The molecule has 0 saturated carbocycles. The highest BCUT2D eigenvalue weighted by molar-refractivity contribution is 5.95. The number of amides is 1. The zero-order valence-corrected chi connectivity index (χ0v) is 24.6. The number of ether oxygens (including phenoxy) is 2. The van der Waals surface area contributed by atoms with Crippen molar-refractivity contribution in [3.63, 3.8) is 0 Å². The van der Waals surface area contributed by atoms with Gasteiger partial charge in [-0.1, -0.05) is 97.1 Å². The number of hydrogen-bond donors (Lipinski definition) is 4. The lowest BCUT2D eigenvalue weighted by Crippen LogP contribution is -2.36. The number of nitrogens with two attached hydrogens (primary N) is 1. The Hall–Kier alpha value is -5.56. The number of nitrogens with one attached hydrogen (secondary N) is 3. The standard InChI is InChI=1S/C37H36N4O3/c1-2-43-33-24-30(20-23-32(33)44-25-26-12-6-3-7-13-26)35(40-31-21-18-29(19-22-31)36(38)39)37(42)41-34(27-14-8-4-9-15-27)28-16-10-5-11-17-28/h3-24,34-35,40H,2,25H2,1H3,(H3,38,39)(H,41,42)/t35-/m0/s1. The molecule has 0 fully saturated rings. The normalized spacial score (nSPS) is 11.4. The Morgan fingerprint density at radius 3 is 1.89 bits per heavy atom. The summed E-state index contributed by atoms with van der Waals surface area (Å²) >= 11 is 0. The van der Waals surface area contributed by atoms with Crippen LogP contribution in [0.4, 0.5) is 5.69 Å². The summed E-state index contributed by atoms with van der Waals surface area (Å²) in [5.41, 5.74) is 10.6. The van der Waals surface area contributed by atoms with Crippen molar-refractivity contribution in [2.45, 2.75) is 25.6 Å². The van der Waals surface area contributed by atoms with E-state index in [1.54, 1.807) is 12.1 Å². The first-order chi connectivity index (χ1) is 21.5. The molecule has 0 aliphatic rings. The predicted octanol–water partition coefficient (Wildman–Crippen LogP) is 7.01. The summed E-state index contributed by atoms with van der Waals surface area (Å²) < 4.78 is 12.1. The Bertz CT molecular complexity index is 1620. The highest BCUT2D eigenvalue weighted by Crippen LogP contribution is 2.33. The molecule has 7 nitrogen and oxygen atoms in total. The van der Waals surface area contributed by atoms with Crippen LogP contribution in [0.15, 0.2) is 133 Å². The van der Waals surface area contributed by atoms with Crippen molar-refractivity contribution in [3.8, 4) is 11.5 Å². The number of carbonyl (C=O) groups excluding carboxylic acids is 1. The second kappa shape index (κ2) is 14.6. The Labute approximate surface area is 258 Å². The Kier molecular flexibility index (Phi) is 9.90. The molecule has 0 heterocycles. The largest absolute Gasteiger partial charge is 0.490 e. The Morgan fingerprint density at radius 1 is 0.727 bits per heavy atom. The van der Waals surface area contributed by atoms with E-state index in [2.05, 4.69) is 10.6 Å². The highest BCUT2D eigenvalue weighted by atomic mass is 16.5. The maximum Gasteiger partial charge on any atom is 0.247 e. The van der Waals surface area contributed by atoms with E-state index in [-0.39, 0.29) is 17.8 Å². The van der Waals surface area contributed by atoms with Gasteiger partial charge >= 0.3 is 0 Å². The minimum atomic E-state index is -0.782. The van der Waals surface area contributed by atoms with Gasteiger partial charge in [0.25, 0.3) is 0 Å². The number of rotatable bonds is 13. The van der Waals surface area contributed by atoms with Gasteiger partial charge in [0.2, 0.25) is 5.91 Å². The van der Waals surface area contributed by atoms with Crippen LogP contribution in [0.2, 0.25) is 0 Å². The quantitative estimate of drug-likeness (QED) is 0.0880. The molecule has 0 aliphatic carbocycles. The van der Waals surface area contributed by atoms with Crippen LogP contribution in [-0.4, -0.2) is 18.3 Å². The molecule has 5 N–H and O–H groups in total. The topological polar surface area (TPSA) is 109 Å². The fourth-order valence-electron chi connectivity index (χ4n) is 4.92. The third-order valence-corrected chi connectivity index (χ3v) is 7.16. The SMILES string of the molecule is CCOc1cc([C@H](Nc2ccc(C(=N)N)cc2)C(=O)NC(c2ccccc2)c2ccccc2)ccc1OCc1ccccc1. The van der Waals surface area contributed by atoms with Crippen LogP contribution in [0.25, 0.3) is 0 Å². The molecule has 5 rings (SSSR count). The average Bonchev–Trinajstić information content (AvgIpc) is 3.07. The van der Waals surface area contributed by atoms with Crippen molar-refractivity contribution in [1.82, 2.24) is 5.32 Å². The molecule has 0 unspecified atom stereocenters. The van der Waals surface area contributed by atoms with Crippen LogP contribution < -0.4 is 25.8 Å². The Morgan fingerprint density at radius 2 is 1.32 bits per heavy atom. The van der Waals surface area contributed by atoms with E-state index in [0.717, 1.165) is 16.7 Å². The number of amidine groups is 1. The molecule has 222 valence electrons. The van der Waals surface area contributed by atoms with Crippen molar-refractivity contribution < 1.29 is 14.3 Å². The second-order valence-electron chi connectivity index (χ2n) is 10.2. The van der Waals surface area contributed by atoms with E-state index in [1.807, 2.05) is 128 Å². The molecule has 1 amide bonds. The molecule has 0 aliphatic heterocycles. The first-order valence-electron chi connectivity index (χ1n) is 14.6. The van der Waals surface area contributed by atoms with Crippen LogP contribution in [0, 0.1) is 5.41 Å². The monoisotopic (exact) mass is 584 g/mol. The molecular weight excluding hydrogens is 548 g/mol. The van der Waals surface area contributed by atoms with Gasteiger partial charge in [0.05, 0.1) is 12.6 Å². The summed E-state index contributed by atoms with van der Waals surface area (Å²) in [7, 11) is 0. The fraction of sp³-hybridized carbons (Fsp3) is 0.135. The molecule has 0 radical (unpaired) electrons. The lowest BCUT2D eigenvalue weighted by molar-refractivity contribution is -0.122. The second-order valence-corrected chi connectivity index (χ2v) is 10.2. The van der Waals surface area contributed by atoms with E-state index in [0.29, 0.717) is 41.5 Å². The number of hydrogen-bond acceptors (Lipinski definition) is 5. The first kappa shape index (κ1) is 29.9. The molecule has 0 saturated heterocycles. The van der Waals surface area contributed by atoms with Crippen molar-refractivity contribution in [2.24, 2.45) is 5.73 Å². The smallest absolute Gasteiger partial charge is 0.247 e. The molecule has 0 spiro atoms. The molecule has 5 aromatic carbocycles. The van der Waals surface area contributed by atoms with Gasteiger partial charge in [0, 0.05) is 11.3 Å². The maximum atomic E-state index is 14.2. The van der Waals surface area contributed by atoms with Gasteiger partial charge in [-0.3, -0.25) is 10.2 Å². The van der Waals surface area contributed by atoms with E-state index in [1.165, 1.54) is 0 Å². The molecular formula is C37H36N4O3. The first-order valence-corrected chi connectivity index (χ1v) is 14.6. The third kappa shape index (κ3) is 7.63. The zero-order valence-electron chi connectivity index (χ0n) is 24.6. The summed E-state index contributed by atoms with van der Waals surface area (Å²) in [6.07, 6.45) is 0. The van der Waals surface area contributed by atoms with Gasteiger partial charge in [-0.15, -0.1) is 0 Å².